The number of nitrogens with one attached hydrogen (secondary N) is 3. The largest absolute Gasteiger partial charge is 0.357 e. The molecule has 0 bridgehead atoms. The van der Waals surface area contributed by atoms with Crippen molar-refractivity contribution in [3.05, 3.63) is 29.7 Å². The van der Waals surface area contributed by atoms with Crippen molar-refractivity contribution >= 4 is 34.4 Å². The molecule has 1 unspecified atom stereocenters. The Hall–Kier alpha value is -2.74. The molecule has 9 heteroatoms. The number of pyridine rings is 1. The minimum atomic E-state index is -0.444. The van der Waals surface area contributed by atoms with Gasteiger partial charge in [0.2, 0.25) is 5.91 Å². The third-order valence-corrected chi connectivity index (χ3v) is 4.55. The molecule has 1 amide bonds. The lowest BCUT2D eigenvalue weighted by Gasteiger charge is -2.25. The van der Waals surface area contributed by atoms with E-state index < -0.39 is 6.04 Å². The lowest BCUT2D eigenvalue weighted by atomic mass is 9.96. The van der Waals surface area contributed by atoms with Gasteiger partial charge in [-0.25, -0.2) is 9.97 Å². The summed E-state index contributed by atoms with van der Waals surface area (Å²) in [7, 11) is 0. The van der Waals surface area contributed by atoms with E-state index in [1.165, 1.54) is 6.20 Å². The maximum atomic E-state index is 12.7. The van der Waals surface area contributed by atoms with Gasteiger partial charge in [0.05, 0.1) is 11.2 Å². The van der Waals surface area contributed by atoms with Crippen molar-refractivity contribution in [1.82, 2.24) is 30.5 Å². The first kappa shape index (κ1) is 21.0. The number of halogens is 1. The molecule has 3 heterocycles. The molecule has 3 aromatic rings. The molecule has 0 fully saturated rings. The standard InChI is InChI=1S/C20H26ClN7O/c1-11(2)16(19(29)24-10-20(3,4)5)26-15-9-25-28-18(27-15)14-8-23-17-13(14)6-12(21)7-22-17/h6-9,11,16H,10H2,1-5H3,(H,22,23)(H,24,29)(H,26,27,28). The quantitative estimate of drug-likeness (QED) is 0.566. The third kappa shape index (κ3) is 5.20. The van der Waals surface area contributed by atoms with E-state index in [0.717, 1.165) is 10.9 Å². The van der Waals surface area contributed by atoms with Crippen molar-refractivity contribution in [1.29, 1.82) is 0 Å². The number of aromatic amines is 1. The molecule has 0 saturated carbocycles. The van der Waals surface area contributed by atoms with Crippen LogP contribution in [0.1, 0.15) is 34.6 Å². The summed E-state index contributed by atoms with van der Waals surface area (Å²) in [6, 6.07) is 1.36. The van der Waals surface area contributed by atoms with Crippen molar-refractivity contribution < 1.29 is 4.79 Å². The Morgan fingerprint density at radius 2 is 2.03 bits per heavy atom. The molecule has 0 saturated heterocycles. The molecule has 8 nitrogen and oxygen atoms in total. The Labute approximate surface area is 174 Å². The van der Waals surface area contributed by atoms with Crippen LogP contribution in [0.4, 0.5) is 5.82 Å². The topological polar surface area (TPSA) is 108 Å². The zero-order valence-electron chi connectivity index (χ0n) is 17.2. The van der Waals surface area contributed by atoms with Crippen LogP contribution in [0.2, 0.25) is 5.02 Å². The highest BCUT2D eigenvalue weighted by atomic mass is 35.5. The van der Waals surface area contributed by atoms with Gasteiger partial charge in [0.1, 0.15) is 17.5 Å². The lowest BCUT2D eigenvalue weighted by Crippen LogP contribution is -2.45. The van der Waals surface area contributed by atoms with Crippen LogP contribution >= 0.6 is 11.6 Å². The van der Waals surface area contributed by atoms with Crippen LogP contribution in [0.25, 0.3) is 22.4 Å². The molecule has 3 N–H and O–H groups in total. The number of fused-ring (bicyclic) bond motifs is 1. The lowest BCUT2D eigenvalue weighted by molar-refractivity contribution is -0.123. The van der Waals surface area contributed by atoms with Gasteiger partial charge in [0.15, 0.2) is 5.82 Å². The fourth-order valence-corrected chi connectivity index (χ4v) is 2.96. The Bertz CT molecular complexity index is 1010. The monoisotopic (exact) mass is 415 g/mol. The van der Waals surface area contributed by atoms with Gasteiger partial charge in [-0.15, -0.1) is 5.10 Å². The van der Waals surface area contributed by atoms with E-state index in [0.29, 0.717) is 28.9 Å². The number of hydrogen-bond donors (Lipinski definition) is 3. The summed E-state index contributed by atoms with van der Waals surface area (Å²) >= 11 is 6.08. The predicted molar refractivity (Wildman–Crippen MR) is 115 cm³/mol. The average molecular weight is 416 g/mol. The zero-order chi connectivity index (χ0) is 21.2. The highest BCUT2D eigenvalue weighted by molar-refractivity contribution is 6.31. The summed E-state index contributed by atoms with van der Waals surface area (Å²) in [6.07, 6.45) is 4.85. The molecule has 0 aliphatic rings. The molecule has 0 aromatic carbocycles. The van der Waals surface area contributed by atoms with Crippen molar-refractivity contribution in [2.24, 2.45) is 11.3 Å². The minimum absolute atomic E-state index is 0.00544. The molecule has 3 aromatic heterocycles. The molecule has 0 spiro atoms. The Morgan fingerprint density at radius 3 is 2.72 bits per heavy atom. The molecule has 0 radical (unpaired) electrons. The summed E-state index contributed by atoms with van der Waals surface area (Å²) in [5, 5.41) is 15.7. The van der Waals surface area contributed by atoms with Crippen LogP contribution in [0.3, 0.4) is 0 Å². The summed E-state index contributed by atoms with van der Waals surface area (Å²) < 4.78 is 0. The third-order valence-electron chi connectivity index (χ3n) is 4.34. The Morgan fingerprint density at radius 1 is 1.28 bits per heavy atom. The van der Waals surface area contributed by atoms with Crippen LogP contribution in [0, 0.1) is 11.3 Å². The van der Waals surface area contributed by atoms with E-state index in [2.05, 4.69) is 56.6 Å². The average Bonchev–Trinajstić information content (AvgIpc) is 3.06. The number of aromatic nitrogens is 5. The SMILES string of the molecule is CC(C)C(Nc1cnnc(-c2c[nH]c3ncc(Cl)cc23)n1)C(=O)NCC(C)(C)C. The zero-order valence-corrected chi connectivity index (χ0v) is 18.0. The van der Waals surface area contributed by atoms with Crippen molar-refractivity contribution in [3.8, 4) is 11.4 Å². The van der Waals surface area contributed by atoms with Gasteiger partial charge in [-0.3, -0.25) is 4.79 Å². The molecule has 0 aliphatic heterocycles. The van der Waals surface area contributed by atoms with Gasteiger partial charge in [0, 0.05) is 29.9 Å². The molecule has 29 heavy (non-hydrogen) atoms. The Kier molecular flexibility index (Phi) is 6.02. The maximum Gasteiger partial charge on any atom is 0.242 e. The van der Waals surface area contributed by atoms with E-state index >= 15 is 0 Å². The van der Waals surface area contributed by atoms with Gasteiger partial charge in [-0.1, -0.05) is 46.2 Å². The summed E-state index contributed by atoms with van der Waals surface area (Å²) in [5.74, 6) is 0.884. The first-order valence-electron chi connectivity index (χ1n) is 9.51. The number of hydrogen-bond acceptors (Lipinski definition) is 6. The molecular weight excluding hydrogens is 390 g/mol. The van der Waals surface area contributed by atoms with Crippen LogP contribution in [0.5, 0.6) is 0 Å². The Balaban J connectivity index is 1.84. The molecule has 3 rings (SSSR count). The fraction of sp³-hybridized carbons (Fsp3) is 0.450. The highest BCUT2D eigenvalue weighted by Crippen LogP contribution is 2.27. The number of carbonyl (C=O) groups excluding carboxylic acids is 1. The van der Waals surface area contributed by atoms with Gasteiger partial charge in [-0.2, -0.15) is 5.10 Å². The van der Waals surface area contributed by atoms with Gasteiger partial charge in [-0.05, 0) is 17.4 Å². The first-order valence-corrected chi connectivity index (χ1v) is 9.89. The number of H-pyrrole nitrogens is 1. The number of anilines is 1. The first-order chi connectivity index (χ1) is 13.6. The summed E-state index contributed by atoms with van der Waals surface area (Å²) in [4.78, 5) is 24.6. The number of nitrogens with zero attached hydrogens (tertiary/aromatic N) is 4. The number of rotatable bonds is 6. The molecular formula is C20H26ClN7O. The predicted octanol–water partition coefficient (Wildman–Crippen LogP) is 3.67. The van der Waals surface area contributed by atoms with Gasteiger partial charge in [0.25, 0.3) is 0 Å². The van der Waals surface area contributed by atoms with E-state index in [-0.39, 0.29) is 17.2 Å². The number of amides is 1. The normalized spacial score (nSPS) is 12.9. The molecule has 154 valence electrons. The number of carbonyl (C=O) groups is 1. The maximum absolute atomic E-state index is 12.7. The van der Waals surface area contributed by atoms with E-state index in [1.807, 2.05) is 13.8 Å². The van der Waals surface area contributed by atoms with Crippen LogP contribution in [-0.4, -0.2) is 43.6 Å². The smallest absolute Gasteiger partial charge is 0.242 e. The van der Waals surface area contributed by atoms with Crippen LogP contribution in [-0.2, 0) is 4.79 Å². The van der Waals surface area contributed by atoms with Crippen molar-refractivity contribution in [2.45, 2.75) is 40.7 Å². The van der Waals surface area contributed by atoms with Crippen LogP contribution in [0.15, 0.2) is 24.7 Å². The minimum Gasteiger partial charge on any atom is -0.357 e. The van der Waals surface area contributed by atoms with E-state index in [9.17, 15) is 4.79 Å². The second-order valence-electron chi connectivity index (χ2n) is 8.56. The highest BCUT2D eigenvalue weighted by Gasteiger charge is 2.24. The molecule has 0 aliphatic carbocycles. The molecule has 1 atom stereocenters. The van der Waals surface area contributed by atoms with Gasteiger partial charge < -0.3 is 15.6 Å². The van der Waals surface area contributed by atoms with Crippen LogP contribution < -0.4 is 10.6 Å². The van der Waals surface area contributed by atoms with Crippen molar-refractivity contribution in [2.75, 3.05) is 11.9 Å². The van der Waals surface area contributed by atoms with Gasteiger partial charge >= 0.3 is 0 Å². The second kappa shape index (κ2) is 8.32. The van der Waals surface area contributed by atoms with Crippen molar-refractivity contribution in [3.63, 3.8) is 0 Å². The van der Waals surface area contributed by atoms with E-state index in [1.54, 1.807) is 18.5 Å². The fourth-order valence-electron chi connectivity index (χ4n) is 2.81. The second-order valence-corrected chi connectivity index (χ2v) is 9.00. The summed E-state index contributed by atoms with van der Waals surface area (Å²) in [5.41, 5.74) is 1.43. The van der Waals surface area contributed by atoms with E-state index in [4.69, 9.17) is 11.6 Å². The summed E-state index contributed by atoms with van der Waals surface area (Å²) in [6.45, 7) is 10.8.